The summed E-state index contributed by atoms with van der Waals surface area (Å²) in [5.74, 6) is 0.786. The summed E-state index contributed by atoms with van der Waals surface area (Å²) in [5.41, 5.74) is 0. The van der Waals surface area contributed by atoms with E-state index in [9.17, 15) is 0 Å². The summed E-state index contributed by atoms with van der Waals surface area (Å²) in [7, 11) is 1.67. The molecule has 1 N–H and O–H groups in total. The van der Waals surface area contributed by atoms with Crippen molar-refractivity contribution in [3.8, 4) is 5.19 Å². The summed E-state index contributed by atoms with van der Waals surface area (Å²) in [4.78, 5) is 5.52. The lowest BCUT2D eigenvalue weighted by molar-refractivity contribution is 0.377. The Morgan fingerprint density at radius 3 is 3.29 bits per heavy atom. The van der Waals surface area contributed by atoms with Crippen LogP contribution in [-0.4, -0.2) is 25.2 Å². The fourth-order valence-corrected chi connectivity index (χ4v) is 2.70. The zero-order valence-electron chi connectivity index (χ0n) is 8.45. The molecule has 4 heteroatoms. The van der Waals surface area contributed by atoms with Crippen LogP contribution in [0.3, 0.4) is 0 Å². The van der Waals surface area contributed by atoms with Crippen LogP contribution < -0.4 is 10.1 Å². The molecule has 1 saturated heterocycles. The number of hydrogen-bond acceptors (Lipinski definition) is 4. The molecule has 0 saturated carbocycles. The van der Waals surface area contributed by atoms with E-state index >= 15 is 0 Å². The second-order valence-electron chi connectivity index (χ2n) is 3.71. The van der Waals surface area contributed by atoms with Gasteiger partial charge in [-0.05, 0) is 38.3 Å². The van der Waals surface area contributed by atoms with Crippen LogP contribution >= 0.6 is 11.3 Å². The average Bonchev–Trinajstić information content (AvgIpc) is 2.67. The number of thiazole rings is 1. The van der Waals surface area contributed by atoms with Crippen LogP contribution in [0.5, 0.6) is 5.19 Å². The van der Waals surface area contributed by atoms with E-state index < -0.39 is 0 Å². The monoisotopic (exact) mass is 212 g/mol. The summed E-state index contributed by atoms with van der Waals surface area (Å²) in [5, 5.41) is 4.21. The van der Waals surface area contributed by atoms with E-state index in [0.29, 0.717) is 0 Å². The Labute approximate surface area is 88.5 Å². The molecule has 2 heterocycles. The van der Waals surface area contributed by atoms with E-state index in [-0.39, 0.29) is 0 Å². The molecule has 1 aliphatic rings. The first-order valence-corrected chi connectivity index (χ1v) is 5.89. The van der Waals surface area contributed by atoms with Crippen molar-refractivity contribution in [2.75, 3.05) is 20.2 Å². The number of nitrogens with one attached hydrogen (secondary N) is 1. The average molecular weight is 212 g/mol. The SMILES string of the molecule is COc1ncc(CC2CCCNC2)s1. The standard InChI is InChI=1S/C10H16N2OS/c1-13-10-12-7-9(14-10)5-8-3-2-4-11-6-8/h7-8,11H,2-6H2,1H3. The van der Waals surface area contributed by atoms with Gasteiger partial charge in [0.25, 0.3) is 5.19 Å². The molecule has 1 fully saturated rings. The first kappa shape index (κ1) is 9.93. The molecular formula is C10H16N2OS. The van der Waals surface area contributed by atoms with Gasteiger partial charge in [-0.25, -0.2) is 4.98 Å². The summed E-state index contributed by atoms with van der Waals surface area (Å²) < 4.78 is 5.08. The minimum absolute atomic E-state index is 0.781. The fraction of sp³-hybridized carbons (Fsp3) is 0.700. The molecule has 0 bridgehead atoms. The zero-order valence-corrected chi connectivity index (χ0v) is 9.27. The summed E-state index contributed by atoms with van der Waals surface area (Å²) >= 11 is 1.67. The van der Waals surface area contributed by atoms with Crippen LogP contribution in [0, 0.1) is 5.92 Å². The highest BCUT2D eigenvalue weighted by Gasteiger charge is 2.14. The third-order valence-corrected chi connectivity index (χ3v) is 3.58. The summed E-state index contributed by atoms with van der Waals surface area (Å²) in [6.45, 7) is 2.34. The van der Waals surface area contributed by atoms with Crippen molar-refractivity contribution in [3.63, 3.8) is 0 Å². The quantitative estimate of drug-likeness (QED) is 0.828. The van der Waals surface area contributed by atoms with Gasteiger partial charge >= 0.3 is 0 Å². The predicted molar refractivity (Wildman–Crippen MR) is 58.0 cm³/mol. The molecule has 0 amide bonds. The third kappa shape index (κ3) is 2.45. The first-order chi connectivity index (χ1) is 6.88. The Balaban J connectivity index is 1.89. The summed E-state index contributed by atoms with van der Waals surface area (Å²) in [6.07, 6.45) is 5.74. The maximum Gasteiger partial charge on any atom is 0.273 e. The number of hydrogen-bond donors (Lipinski definition) is 1. The van der Waals surface area contributed by atoms with Gasteiger partial charge in [0.2, 0.25) is 0 Å². The Morgan fingerprint density at radius 1 is 1.71 bits per heavy atom. The van der Waals surface area contributed by atoms with Gasteiger partial charge in [-0.1, -0.05) is 11.3 Å². The molecule has 0 spiro atoms. The molecule has 0 radical (unpaired) electrons. The highest BCUT2D eigenvalue weighted by Crippen LogP contribution is 2.24. The largest absolute Gasteiger partial charge is 0.473 e. The van der Waals surface area contributed by atoms with Gasteiger partial charge in [0, 0.05) is 11.1 Å². The van der Waals surface area contributed by atoms with Gasteiger partial charge in [0.1, 0.15) is 0 Å². The second kappa shape index (κ2) is 4.75. The third-order valence-electron chi connectivity index (χ3n) is 2.60. The molecule has 14 heavy (non-hydrogen) atoms. The number of methoxy groups -OCH3 is 1. The van der Waals surface area contributed by atoms with Gasteiger partial charge in [-0.2, -0.15) is 0 Å². The van der Waals surface area contributed by atoms with E-state index in [1.807, 2.05) is 6.20 Å². The molecule has 1 unspecified atom stereocenters. The van der Waals surface area contributed by atoms with Crippen LogP contribution in [0.2, 0.25) is 0 Å². The molecule has 78 valence electrons. The van der Waals surface area contributed by atoms with E-state index in [1.54, 1.807) is 18.4 Å². The highest BCUT2D eigenvalue weighted by molar-refractivity contribution is 7.13. The normalized spacial score (nSPS) is 22.2. The first-order valence-electron chi connectivity index (χ1n) is 5.08. The van der Waals surface area contributed by atoms with Crippen molar-refractivity contribution >= 4 is 11.3 Å². The van der Waals surface area contributed by atoms with E-state index in [0.717, 1.165) is 24.1 Å². The minimum Gasteiger partial charge on any atom is -0.473 e. The van der Waals surface area contributed by atoms with Gasteiger partial charge in [-0.15, -0.1) is 0 Å². The molecule has 1 aliphatic heterocycles. The maximum atomic E-state index is 5.08. The van der Waals surface area contributed by atoms with Crippen LogP contribution in [0.15, 0.2) is 6.20 Å². The molecule has 1 aromatic rings. The molecule has 0 aromatic carbocycles. The molecular weight excluding hydrogens is 196 g/mol. The Kier molecular flexibility index (Phi) is 3.37. The number of nitrogens with zero attached hydrogens (tertiary/aromatic N) is 1. The Hall–Kier alpha value is -0.610. The summed E-state index contributed by atoms with van der Waals surface area (Å²) in [6, 6.07) is 0. The van der Waals surface area contributed by atoms with E-state index in [1.165, 1.54) is 24.3 Å². The molecule has 1 aromatic heterocycles. The van der Waals surface area contributed by atoms with Crippen LogP contribution in [0.25, 0.3) is 0 Å². The Bertz CT molecular complexity index is 281. The Morgan fingerprint density at radius 2 is 2.64 bits per heavy atom. The molecule has 3 nitrogen and oxygen atoms in total. The molecule has 2 rings (SSSR count). The van der Waals surface area contributed by atoms with E-state index in [4.69, 9.17) is 4.74 Å². The topological polar surface area (TPSA) is 34.1 Å². The molecule has 0 aliphatic carbocycles. The number of rotatable bonds is 3. The minimum atomic E-state index is 0.781. The second-order valence-corrected chi connectivity index (χ2v) is 4.79. The lowest BCUT2D eigenvalue weighted by atomic mass is 9.96. The van der Waals surface area contributed by atoms with Gasteiger partial charge in [-0.3, -0.25) is 0 Å². The maximum absolute atomic E-state index is 5.08. The highest BCUT2D eigenvalue weighted by atomic mass is 32.1. The van der Waals surface area contributed by atoms with Crippen LogP contribution in [0.4, 0.5) is 0 Å². The van der Waals surface area contributed by atoms with Crippen molar-refractivity contribution in [1.82, 2.24) is 10.3 Å². The van der Waals surface area contributed by atoms with Crippen molar-refractivity contribution in [1.29, 1.82) is 0 Å². The smallest absolute Gasteiger partial charge is 0.273 e. The number of piperidine rings is 1. The number of aromatic nitrogens is 1. The lowest BCUT2D eigenvalue weighted by Gasteiger charge is -2.21. The van der Waals surface area contributed by atoms with Crippen LogP contribution in [0.1, 0.15) is 17.7 Å². The van der Waals surface area contributed by atoms with E-state index in [2.05, 4.69) is 10.3 Å². The fourth-order valence-electron chi connectivity index (χ4n) is 1.86. The zero-order chi connectivity index (χ0) is 9.80. The van der Waals surface area contributed by atoms with Gasteiger partial charge in [0.05, 0.1) is 7.11 Å². The van der Waals surface area contributed by atoms with Crippen LogP contribution in [-0.2, 0) is 6.42 Å². The predicted octanol–water partition coefficient (Wildman–Crippen LogP) is 1.69. The van der Waals surface area contributed by atoms with Crippen molar-refractivity contribution in [2.24, 2.45) is 5.92 Å². The van der Waals surface area contributed by atoms with Crippen molar-refractivity contribution in [2.45, 2.75) is 19.3 Å². The van der Waals surface area contributed by atoms with Gasteiger partial charge in [0.15, 0.2) is 0 Å². The molecule has 1 atom stereocenters. The lowest BCUT2D eigenvalue weighted by Crippen LogP contribution is -2.30. The van der Waals surface area contributed by atoms with Crippen molar-refractivity contribution < 1.29 is 4.74 Å². The van der Waals surface area contributed by atoms with Gasteiger partial charge < -0.3 is 10.1 Å². The van der Waals surface area contributed by atoms with Crippen molar-refractivity contribution in [3.05, 3.63) is 11.1 Å². The number of ether oxygens (including phenoxy) is 1.